The Balaban J connectivity index is 2.12. The Bertz CT molecular complexity index is 580. The topological polar surface area (TPSA) is 49.3 Å². The number of aliphatic hydroxyl groups excluding tert-OH is 1. The Morgan fingerprint density at radius 1 is 1.50 bits per heavy atom. The quantitative estimate of drug-likeness (QED) is 0.830. The predicted molar refractivity (Wildman–Crippen MR) is 74.6 cm³/mol. The molecule has 1 aliphatic rings. The first-order valence-corrected chi connectivity index (χ1v) is 6.66. The predicted octanol–water partition coefficient (Wildman–Crippen LogP) is 2.09. The van der Waals surface area contributed by atoms with Crippen molar-refractivity contribution in [3.05, 3.63) is 35.1 Å². The van der Waals surface area contributed by atoms with Crippen molar-refractivity contribution < 1.29 is 14.3 Å². The first-order valence-electron chi connectivity index (χ1n) is 6.66. The highest BCUT2D eigenvalue weighted by Gasteiger charge is 2.38. The fourth-order valence-corrected chi connectivity index (χ4v) is 2.16. The maximum atomic E-state index is 13.8. The summed E-state index contributed by atoms with van der Waals surface area (Å²) in [4.78, 5) is 12.1. The molecule has 0 radical (unpaired) electrons. The summed E-state index contributed by atoms with van der Waals surface area (Å²) in [5, 5.41) is 11.5. The number of carbonyl (C=O) groups is 1. The molecule has 1 aromatic rings. The van der Waals surface area contributed by atoms with E-state index >= 15 is 0 Å². The molecule has 0 bridgehead atoms. The molecule has 1 aliphatic carbocycles. The summed E-state index contributed by atoms with van der Waals surface area (Å²) < 4.78 is 13.8. The number of rotatable bonds is 3. The Morgan fingerprint density at radius 2 is 2.20 bits per heavy atom. The third kappa shape index (κ3) is 3.37. The summed E-state index contributed by atoms with van der Waals surface area (Å²) in [5.74, 6) is 4.56. The van der Waals surface area contributed by atoms with Crippen LogP contribution in [0.4, 0.5) is 4.39 Å². The lowest BCUT2D eigenvalue weighted by Gasteiger charge is -2.26. The van der Waals surface area contributed by atoms with Crippen molar-refractivity contribution in [2.75, 3.05) is 6.61 Å². The first kappa shape index (κ1) is 14.5. The lowest BCUT2D eigenvalue weighted by molar-refractivity contribution is 0.0903. The molecule has 1 aromatic carbocycles. The van der Waals surface area contributed by atoms with E-state index in [1.807, 2.05) is 13.8 Å². The van der Waals surface area contributed by atoms with E-state index in [9.17, 15) is 9.18 Å². The van der Waals surface area contributed by atoms with Gasteiger partial charge in [-0.25, -0.2) is 4.39 Å². The molecule has 4 heteroatoms. The minimum Gasteiger partial charge on any atom is -0.384 e. The number of aliphatic hydroxyl groups is 1. The molecule has 0 spiro atoms. The van der Waals surface area contributed by atoms with Crippen LogP contribution >= 0.6 is 0 Å². The average molecular weight is 275 g/mol. The molecule has 2 rings (SSSR count). The van der Waals surface area contributed by atoms with Crippen LogP contribution in [0.5, 0.6) is 0 Å². The highest BCUT2D eigenvalue weighted by atomic mass is 19.1. The molecule has 1 saturated carbocycles. The van der Waals surface area contributed by atoms with Gasteiger partial charge in [0, 0.05) is 11.1 Å². The SMILES string of the molecule is CC(C)(NC(=O)c1ccc(C#CCO)c(F)c1)C1CC1. The van der Waals surface area contributed by atoms with Gasteiger partial charge in [0.2, 0.25) is 0 Å². The molecule has 0 aliphatic heterocycles. The molecule has 20 heavy (non-hydrogen) atoms. The monoisotopic (exact) mass is 275 g/mol. The fourth-order valence-electron chi connectivity index (χ4n) is 2.16. The van der Waals surface area contributed by atoms with Crippen LogP contribution in [0.3, 0.4) is 0 Å². The van der Waals surface area contributed by atoms with Crippen molar-refractivity contribution in [3.8, 4) is 11.8 Å². The van der Waals surface area contributed by atoms with Gasteiger partial charge in [-0.2, -0.15) is 0 Å². The molecule has 106 valence electrons. The molecule has 0 unspecified atom stereocenters. The summed E-state index contributed by atoms with van der Waals surface area (Å²) in [6.07, 6.45) is 2.24. The van der Waals surface area contributed by atoms with E-state index in [0.29, 0.717) is 5.92 Å². The van der Waals surface area contributed by atoms with Crippen molar-refractivity contribution >= 4 is 5.91 Å². The number of benzene rings is 1. The standard InChI is InChI=1S/C16H18FNO2/c1-16(2,13-7-8-13)18-15(20)12-6-5-11(4-3-9-19)14(17)10-12/h5-6,10,13,19H,7-9H2,1-2H3,(H,18,20). The second kappa shape index (κ2) is 5.64. The number of hydrogen-bond donors (Lipinski definition) is 2. The van der Waals surface area contributed by atoms with Gasteiger partial charge in [-0.05, 0) is 50.8 Å². The molecule has 1 fully saturated rings. The Labute approximate surface area is 118 Å². The first-order chi connectivity index (χ1) is 9.44. The van der Waals surface area contributed by atoms with E-state index < -0.39 is 5.82 Å². The van der Waals surface area contributed by atoms with Crippen LogP contribution in [0.15, 0.2) is 18.2 Å². The molecular weight excluding hydrogens is 257 g/mol. The molecular formula is C16H18FNO2. The van der Waals surface area contributed by atoms with Crippen LogP contribution in [0.1, 0.15) is 42.6 Å². The zero-order valence-electron chi connectivity index (χ0n) is 11.7. The summed E-state index contributed by atoms with van der Waals surface area (Å²) >= 11 is 0. The number of hydrogen-bond acceptors (Lipinski definition) is 2. The molecule has 1 amide bonds. The summed E-state index contributed by atoms with van der Waals surface area (Å²) in [6.45, 7) is 3.65. The van der Waals surface area contributed by atoms with Gasteiger partial charge >= 0.3 is 0 Å². The zero-order chi connectivity index (χ0) is 14.8. The number of nitrogens with one attached hydrogen (secondary N) is 1. The van der Waals surface area contributed by atoms with Crippen LogP contribution in [0.25, 0.3) is 0 Å². The number of carbonyl (C=O) groups excluding carboxylic acids is 1. The summed E-state index contributed by atoms with van der Waals surface area (Å²) in [7, 11) is 0. The van der Waals surface area contributed by atoms with Gasteiger partial charge in [-0.1, -0.05) is 11.8 Å². The van der Waals surface area contributed by atoms with Crippen LogP contribution < -0.4 is 5.32 Å². The van der Waals surface area contributed by atoms with Crippen LogP contribution in [-0.4, -0.2) is 23.2 Å². The van der Waals surface area contributed by atoms with Gasteiger partial charge in [-0.15, -0.1) is 0 Å². The minimum absolute atomic E-state index is 0.178. The van der Waals surface area contributed by atoms with E-state index in [1.54, 1.807) is 6.07 Å². The van der Waals surface area contributed by atoms with E-state index in [-0.39, 0.29) is 29.2 Å². The maximum absolute atomic E-state index is 13.8. The summed E-state index contributed by atoms with van der Waals surface area (Å²) in [5.41, 5.74) is 0.200. The molecule has 3 nitrogen and oxygen atoms in total. The van der Waals surface area contributed by atoms with E-state index in [2.05, 4.69) is 17.2 Å². The number of amides is 1. The van der Waals surface area contributed by atoms with Gasteiger partial charge in [-0.3, -0.25) is 4.79 Å². The van der Waals surface area contributed by atoms with Crippen molar-refractivity contribution in [3.63, 3.8) is 0 Å². The van der Waals surface area contributed by atoms with Gasteiger partial charge in [0.25, 0.3) is 5.91 Å². The Morgan fingerprint density at radius 3 is 2.75 bits per heavy atom. The van der Waals surface area contributed by atoms with Gasteiger partial charge in [0.05, 0.1) is 5.56 Å². The van der Waals surface area contributed by atoms with Crippen molar-refractivity contribution in [2.24, 2.45) is 5.92 Å². The normalized spacial score (nSPS) is 14.4. The zero-order valence-corrected chi connectivity index (χ0v) is 11.7. The third-order valence-corrected chi connectivity index (χ3v) is 3.57. The number of halogens is 1. The largest absolute Gasteiger partial charge is 0.384 e. The highest BCUT2D eigenvalue weighted by molar-refractivity contribution is 5.94. The third-order valence-electron chi connectivity index (χ3n) is 3.57. The lowest BCUT2D eigenvalue weighted by atomic mass is 9.98. The molecule has 0 saturated heterocycles. The Hall–Kier alpha value is -1.86. The van der Waals surface area contributed by atoms with Crippen LogP contribution in [0, 0.1) is 23.6 Å². The Kier molecular flexibility index (Phi) is 4.10. The molecule has 0 heterocycles. The van der Waals surface area contributed by atoms with Crippen LogP contribution in [-0.2, 0) is 0 Å². The molecule has 2 N–H and O–H groups in total. The van der Waals surface area contributed by atoms with E-state index in [1.165, 1.54) is 12.1 Å². The van der Waals surface area contributed by atoms with Crippen molar-refractivity contribution in [1.82, 2.24) is 5.32 Å². The van der Waals surface area contributed by atoms with Gasteiger partial charge in [0.1, 0.15) is 12.4 Å². The van der Waals surface area contributed by atoms with Crippen LogP contribution in [0.2, 0.25) is 0 Å². The minimum atomic E-state index is -0.553. The van der Waals surface area contributed by atoms with Gasteiger partial charge in [0.15, 0.2) is 0 Å². The van der Waals surface area contributed by atoms with Crippen molar-refractivity contribution in [2.45, 2.75) is 32.2 Å². The molecule has 0 aromatic heterocycles. The highest BCUT2D eigenvalue weighted by Crippen LogP contribution is 2.39. The second-order valence-electron chi connectivity index (χ2n) is 5.60. The maximum Gasteiger partial charge on any atom is 0.251 e. The fraction of sp³-hybridized carbons (Fsp3) is 0.438. The van der Waals surface area contributed by atoms with Crippen molar-refractivity contribution in [1.29, 1.82) is 0 Å². The second-order valence-corrected chi connectivity index (χ2v) is 5.60. The summed E-state index contributed by atoms with van der Waals surface area (Å²) in [6, 6.07) is 4.18. The molecule has 0 atom stereocenters. The smallest absolute Gasteiger partial charge is 0.251 e. The lowest BCUT2D eigenvalue weighted by Crippen LogP contribution is -2.45. The van der Waals surface area contributed by atoms with E-state index in [4.69, 9.17) is 5.11 Å². The van der Waals surface area contributed by atoms with Gasteiger partial charge < -0.3 is 10.4 Å². The average Bonchev–Trinajstić information content (AvgIpc) is 3.21. The van der Waals surface area contributed by atoms with E-state index in [0.717, 1.165) is 12.8 Å².